The molecule has 0 spiro atoms. The number of carbonyl (C=O) groups excluding carboxylic acids is 1. The third kappa shape index (κ3) is 1.44. The molecule has 0 bridgehead atoms. The minimum absolute atomic E-state index is 0.255. The third-order valence-corrected chi connectivity index (χ3v) is 4.10. The van der Waals surface area contributed by atoms with Crippen molar-refractivity contribution in [3.63, 3.8) is 0 Å². The van der Waals surface area contributed by atoms with Gasteiger partial charge in [-0.25, -0.2) is 0 Å². The van der Waals surface area contributed by atoms with Crippen LogP contribution in [0.3, 0.4) is 0 Å². The number of carbonyl (C=O) groups is 1. The average molecular weight is 194 g/mol. The van der Waals surface area contributed by atoms with E-state index in [-0.39, 0.29) is 11.8 Å². The third-order valence-electron chi connectivity index (χ3n) is 4.10. The Kier molecular flexibility index (Phi) is 1.84. The Balaban J connectivity index is 1.46. The number of hydrogen-bond acceptors (Lipinski definition) is 2. The second-order valence-electron chi connectivity index (χ2n) is 5.21. The second kappa shape index (κ2) is 2.96. The molecule has 3 nitrogen and oxygen atoms in total. The van der Waals surface area contributed by atoms with Crippen LogP contribution in [0.4, 0.5) is 0 Å². The molecule has 0 atom stereocenters. The van der Waals surface area contributed by atoms with E-state index in [1.807, 2.05) is 0 Å². The lowest BCUT2D eigenvalue weighted by molar-refractivity contribution is -0.126. The van der Waals surface area contributed by atoms with Crippen molar-refractivity contribution in [2.75, 3.05) is 19.6 Å². The molecule has 0 aromatic rings. The van der Waals surface area contributed by atoms with E-state index in [0.717, 1.165) is 25.6 Å². The number of hydrogen-bond donors (Lipinski definition) is 2. The Morgan fingerprint density at radius 1 is 1.36 bits per heavy atom. The molecule has 1 aliphatic heterocycles. The minimum atomic E-state index is 0.255. The second-order valence-corrected chi connectivity index (χ2v) is 5.21. The molecule has 14 heavy (non-hydrogen) atoms. The Labute approximate surface area is 84.6 Å². The molecule has 3 fully saturated rings. The molecule has 2 saturated carbocycles. The molecule has 2 N–H and O–H groups in total. The molecular formula is C11H18N2O. The molecule has 78 valence electrons. The standard InChI is InChI=1S/C11H18N2O/c14-10(8-5-12-6-8)13-7-11(3-4-11)9-1-2-9/h8-9,12H,1-7H2,(H,13,14). The maximum atomic E-state index is 11.6. The summed E-state index contributed by atoms with van der Waals surface area (Å²) in [5, 5.41) is 6.26. The quantitative estimate of drug-likeness (QED) is 0.684. The summed E-state index contributed by atoms with van der Waals surface area (Å²) in [4.78, 5) is 11.6. The first-order chi connectivity index (χ1) is 6.80. The molecular weight excluding hydrogens is 176 g/mol. The first kappa shape index (κ1) is 8.72. The van der Waals surface area contributed by atoms with Crippen LogP contribution in [-0.2, 0) is 4.79 Å². The molecule has 1 amide bonds. The van der Waals surface area contributed by atoms with Gasteiger partial charge in [-0.05, 0) is 37.0 Å². The van der Waals surface area contributed by atoms with Crippen LogP contribution in [0.2, 0.25) is 0 Å². The van der Waals surface area contributed by atoms with Gasteiger partial charge in [-0.1, -0.05) is 0 Å². The smallest absolute Gasteiger partial charge is 0.225 e. The van der Waals surface area contributed by atoms with Crippen LogP contribution in [0.1, 0.15) is 25.7 Å². The normalized spacial score (nSPS) is 29.4. The number of nitrogens with one attached hydrogen (secondary N) is 2. The molecule has 3 rings (SSSR count). The summed E-state index contributed by atoms with van der Waals surface area (Å²) in [6, 6.07) is 0. The van der Waals surface area contributed by atoms with Gasteiger partial charge in [0, 0.05) is 19.6 Å². The first-order valence-electron chi connectivity index (χ1n) is 5.79. The van der Waals surface area contributed by atoms with E-state index in [9.17, 15) is 4.79 Å². The summed E-state index contributed by atoms with van der Waals surface area (Å²) >= 11 is 0. The van der Waals surface area contributed by atoms with Crippen LogP contribution in [-0.4, -0.2) is 25.5 Å². The summed E-state index contributed by atoms with van der Waals surface area (Å²) in [6.07, 6.45) is 5.50. The van der Waals surface area contributed by atoms with Crippen molar-refractivity contribution < 1.29 is 4.79 Å². The summed E-state index contributed by atoms with van der Waals surface area (Å²) in [5.41, 5.74) is 0.548. The van der Waals surface area contributed by atoms with E-state index in [1.165, 1.54) is 25.7 Å². The minimum Gasteiger partial charge on any atom is -0.355 e. The van der Waals surface area contributed by atoms with Crippen LogP contribution >= 0.6 is 0 Å². The van der Waals surface area contributed by atoms with Crippen LogP contribution in [0.15, 0.2) is 0 Å². The van der Waals surface area contributed by atoms with Gasteiger partial charge in [0.15, 0.2) is 0 Å². The summed E-state index contributed by atoms with van der Waals surface area (Å²) < 4.78 is 0. The van der Waals surface area contributed by atoms with E-state index >= 15 is 0 Å². The lowest BCUT2D eigenvalue weighted by Crippen LogP contribution is -2.51. The highest BCUT2D eigenvalue weighted by Gasteiger charge is 2.53. The fourth-order valence-corrected chi connectivity index (χ4v) is 2.47. The molecule has 0 aromatic carbocycles. The topological polar surface area (TPSA) is 41.1 Å². The molecule has 3 aliphatic rings. The van der Waals surface area contributed by atoms with E-state index in [0.29, 0.717) is 5.41 Å². The average Bonchev–Trinajstić information content (AvgIpc) is 2.91. The van der Waals surface area contributed by atoms with E-state index < -0.39 is 0 Å². The SMILES string of the molecule is O=C(NCC1(C2CC2)CC1)C1CNC1. The Morgan fingerprint density at radius 3 is 2.50 bits per heavy atom. The van der Waals surface area contributed by atoms with Gasteiger partial charge in [0.05, 0.1) is 5.92 Å². The molecule has 3 heteroatoms. The van der Waals surface area contributed by atoms with Crippen molar-refractivity contribution >= 4 is 5.91 Å². The maximum Gasteiger partial charge on any atom is 0.225 e. The highest BCUT2D eigenvalue weighted by atomic mass is 16.2. The van der Waals surface area contributed by atoms with Crippen LogP contribution in [0.5, 0.6) is 0 Å². The highest BCUT2D eigenvalue weighted by Crippen LogP contribution is 2.60. The van der Waals surface area contributed by atoms with E-state index in [1.54, 1.807) is 0 Å². The lowest BCUT2D eigenvalue weighted by Gasteiger charge is -2.27. The molecule has 0 radical (unpaired) electrons. The zero-order chi connectivity index (χ0) is 9.60. The summed E-state index contributed by atoms with van der Waals surface area (Å²) in [6.45, 7) is 2.71. The Hall–Kier alpha value is -0.570. The predicted octanol–water partition coefficient (Wildman–Crippen LogP) is 0.512. The van der Waals surface area contributed by atoms with Gasteiger partial charge >= 0.3 is 0 Å². The molecule has 1 saturated heterocycles. The first-order valence-corrected chi connectivity index (χ1v) is 5.79. The maximum absolute atomic E-state index is 11.6. The van der Waals surface area contributed by atoms with Crippen molar-refractivity contribution in [3.8, 4) is 0 Å². The Bertz CT molecular complexity index is 252. The molecule has 2 aliphatic carbocycles. The van der Waals surface area contributed by atoms with Crippen molar-refractivity contribution in [2.24, 2.45) is 17.3 Å². The van der Waals surface area contributed by atoms with Gasteiger partial charge in [0.25, 0.3) is 0 Å². The van der Waals surface area contributed by atoms with Gasteiger partial charge in [0.1, 0.15) is 0 Å². The number of amides is 1. The van der Waals surface area contributed by atoms with E-state index in [2.05, 4.69) is 10.6 Å². The van der Waals surface area contributed by atoms with Gasteiger partial charge in [-0.15, -0.1) is 0 Å². The van der Waals surface area contributed by atoms with Crippen molar-refractivity contribution in [3.05, 3.63) is 0 Å². The van der Waals surface area contributed by atoms with Gasteiger partial charge in [0.2, 0.25) is 5.91 Å². The zero-order valence-corrected chi connectivity index (χ0v) is 8.51. The van der Waals surface area contributed by atoms with Crippen LogP contribution < -0.4 is 10.6 Å². The van der Waals surface area contributed by atoms with Gasteiger partial charge in [-0.2, -0.15) is 0 Å². The van der Waals surface area contributed by atoms with Crippen LogP contribution in [0, 0.1) is 17.3 Å². The molecule has 0 aromatic heterocycles. The summed E-state index contributed by atoms with van der Waals surface area (Å²) in [5.74, 6) is 1.47. The van der Waals surface area contributed by atoms with Crippen molar-refractivity contribution in [1.82, 2.24) is 10.6 Å². The van der Waals surface area contributed by atoms with Gasteiger partial charge < -0.3 is 10.6 Å². The van der Waals surface area contributed by atoms with Crippen molar-refractivity contribution in [1.29, 1.82) is 0 Å². The Morgan fingerprint density at radius 2 is 2.07 bits per heavy atom. The highest BCUT2D eigenvalue weighted by molar-refractivity contribution is 5.80. The fourth-order valence-electron chi connectivity index (χ4n) is 2.47. The molecule has 0 unspecified atom stereocenters. The van der Waals surface area contributed by atoms with Gasteiger partial charge in [-0.3, -0.25) is 4.79 Å². The van der Waals surface area contributed by atoms with Crippen molar-refractivity contribution in [2.45, 2.75) is 25.7 Å². The monoisotopic (exact) mass is 194 g/mol. The van der Waals surface area contributed by atoms with E-state index in [4.69, 9.17) is 0 Å². The molecule has 1 heterocycles. The largest absolute Gasteiger partial charge is 0.355 e. The fraction of sp³-hybridized carbons (Fsp3) is 0.909. The summed E-state index contributed by atoms with van der Waals surface area (Å²) in [7, 11) is 0. The zero-order valence-electron chi connectivity index (χ0n) is 8.51. The number of rotatable bonds is 4. The predicted molar refractivity (Wildman–Crippen MR) is 53.8 cm³/mol. The lowest BCUT2D eigenvalue weighted by atomic mass is 9.99. The van der Waals surface area contributed by atoms with Crippen LogP contribution in [0.25, 0.3) is 0 Å².